The van der Waals surface area contributed by atoms with Gasteiger partial charge in [0.25, 0.3) is 0 Å². The number of benzene rings is 2. The van der Waals surface area contributed by atoms with Gasteiger partial charge >= 0.3 is 6.03 Å². The summed E-state index contributed by atoms with van der Waals surface area (Å²) in [5, 5.41) is 13.4. The number of carbonyl (C=O) groups is 1. The average Bonchev–Trinajstić information content (AvgIpc) is 2.67. The van der Waals surface area contributed by atoms with Crippen LogP contribution in [0.25, 0.3) is 0 Å². The summed E-state index contributed by atoms with van der Waals surface area (Å²) in [5.41, 5.74) is 1.23. The van der Waals surface area contributed by atoms with Crippen LogP contribution in [-0.2, 0) is 0 Å². The number of hydrogen-bond donors (Lipinski definition) is 2. The number of carbonyl (C=O) groups excluding carboxylic acids is 1. The second-order valence-electron chi connectivity index (χ2n) is 6.24. The lowest BCUT2D eigenvalue weighted by Crippen LogP contribution is -2.43. The average molecular weight is 411 g/mol. The van der Waals surface area contributed by atoms with Gasteiger partial charge in [0.2, 0.25) is 0 Å². The SMILES string of the molecule is COc1cccc2c1OC[C@H](CO)[C@H]2N(C)C(=O)Nc1ccc(Cl)cc1Cl. The van der Waals surface area contributed by atoms with Gasteiger partial charge in [0, 0.05) is 23.6 Å². The summed E-state index contributed by atoms with van der Waals surface area (Å²) in [6.07, 6.45) is 0. The Kier molecular flexibility index (Phi) is 5.99. The van der Waals surface area contributed by atoms with Crippen LogP contribution in [0.2, 0.25) is 10.0 Å². The number of hydrogen-bond acceptors (Lipinski definition) is 4. The fourth-order valence-corrected chi connectivity index (χ4v) is 3.67. The van der Waals surface area contributed by atoms with Crippen molar-refractivity contribution in [3.63, 3.8) is 0 Å². The summed E-state index contributed by atoms with van der Waals surface area (Å²) in [6.45, 7) is 0.147. The molecule has 0 saturated carbocycles. The van der Waals surface area contributed by atoms with Crippen molar-refractivity contribution >= 4 is 34.9 Å². The maximum Gasteiger partial charge on any atom is 0.322 e. The van der Waals surface area contributed by atoms with E-state index in [0.29, 0.717) is 27.2 Å². The molecule has 0 fully saturated rings. The summed E-state index contributed by atoms with van der Waals surface area (Å²) < 4.78 is 11.1. The highest BCUT2D eigenvalue weighted by molar-refractivity contribution is 6.36. The van der Waals surface area contributed by atoms with E-state index in [4.69, 9.17) is 32.7 Å². The lowest BCUT2D eigenvalue weighted by Gasteiger charge is -2.38. The number of aliphatic hydroxyl groups excluding tert-OH is 1. The van der Waals surface area contributed by atoms with Crippen LogP contribution in [0.4, 0.5) is 10.5 Å². The minimum absolute atomic E-state index is 0.124. The molecule has 0 bridgehead atoms. The van der Waals surface area contributed by atoms with E-state index < -0.39 is 0 Å². The van der Waals surface area contributed by atoms with E-state index in [0.717, 1.165) is 5.56 Å². The van der Waals surface area contributed by atoms with Crippen molar-refractivity contribution in [3.8, 4) is 11.5 Å². The van der Waals surface area contributed by atoms with Crippen LogP contribution in [0.1, 0.15) is 11.6 Å². The van der Waals surface area contributed by atoms with Gasteiger partial charge in [-0.2, -0.15) is 0 Å². The molecule has 1 heterocycles. The number of para-hydroxylation sites is 1. The van der Waals surface area contributed by atoms with Crippen molar-refractivity contribution in [1.29, 1.82) is 0 Å². The van der Waals surface area contributed by atoms with Gasteiger partial charge in [-0.3, -0.25) is 0 Å². The van der Waals surface area contributed by atoms with Gasteiger partial charge in [-0.25, -0.2) is 4.79 Å². The van der Waals surface area contributed by atoms with E-state index in [9.17, 15) is 9.90 Å². The highest BCUT2D eigenvalue weighted by Gasteiger charge is 2.37. The zero-order chi connectivity index (χ0) is 19.6. The normalized spacial score (nSPS) is 18.3. The highest BCUT2D eigenvalue weighted by atomic mass is 35.5. The zero-order valence-corrected chi connectivity index (χ0v) is 16.4. The Morgan fingerprint density at radius 3 is 2.81 bits per heavy atom. The third kappa shape index (κ3) is 3.93. The van der Waals surface area contributed by atoms with Crippen LogP contribution < -0.4 is 14.8 Å². The Bertz CT molecular complexity index is 846. The number of methoxy groups -OCH3 is 1. The third-order valence-electron chi connectivity index (χ3n) is 4.58. The molecule has 0 radical (unpaired) electrons. The number of aliphatic hydroxyl groups is 1. The van der Waals surface area contributed by atoms with Crippen LogP contribution in [0, 0.1) is 5.92 Å². The molecule has 2 aromatic carbocycles. The summed E-state index contributed by atoms with van der Waals surface area (Å²) in [5.74, 6) is 0.892. The molecule has 1 aliphatic heterocycles. The molecule has 1 aliphatic rings. The van der Waals surface area contributed by atoms with Crippen molar-refractivity contribution in [2.45, 2.75) is 6.04 Å². The number of anilines is 1. The molecule has 6 nitrogen and oxygen atoms in total. The number of amides is 2. The van der Waals surface area contributed by atoms with Gasteiger partial charge < -0.3 is 24.8 Å². The minimum Gasteiger partial charge on any atom is -0.493 e. The van der Waals surface area contributed by atoms with Gasteiger partial charge in [0.05, 0.1) is 37.1 Å². The molecule has 0 saturated heterocycles. The quantitative estimate of drug-likeness (QED) is 0.791. The van der Waals surface area contributed by atoms with Gasteiger partial charge in [-0.05, 0) is 24.3 Å². The molecule has 2 amide bonds. The number of fused-ring (bicyclic) bond motifs is 1. The fourth-order valence-electron chi connectivity index (χ4n) is 3.21. The number of urea groups is 1. The number of nitrogens with one attached hydrogen (secondary N) is 1. The predicted molar refractivity (Wildman–Crippen MR) is 105 cm³/mol. The third-order valence-corrected chi connectivity index (χ3v) is 5.13. The molecular weight excluding hydrogens is 391 g/mol. The monoisotopic (exact) mass is 410 g/mol. The van der Waals surface area contributed by atoms with E-state index in [1.54, 1.807) is 38.4 Å². The molecule has 144 valence electrons. The van der Waals surface area contributed by atoms with Crippen molar-refractivity contribution < 1.29 is 19.4 Å². The van der Waals surface area contributed by atoms with Gasteiger partial charge in [0.1, 0.15) is 0 Å². The smallest absolute Gasteiger partial charge is 0.322 e. The number of nitrogens with zero attached hydrogens (tertiary/aromatic N) is 1. The Balaban J connectivity index is 1.90. The first-order valence-electron chi connectivity index (χ1n) is 8.35. The Labute approximate surface area is 167 Å². The fraction of sp³-hybridized carbons (Fsp3) is 0.316. The topological polar surface area (TPSA) is 71.0 Å². The lowest BCUT2D eigenvalue weighted by atomic mass is 9.90. The molecule has 0 spiro atoms. The van der Waals surface area contributed by atoms with Gasteiger partial charge in [0.15, 0.2) is 11.5 Å². The van der Waals surface area contributed by atoms with Crippen molar-refractivity contribution in [2.24, 2.45) is 5.92 Å². The number of halogens is 2. The molecule has 0 aliphatic carbocycles. The standard InChI is InChI=1S/C19H20Cl2N2O4/c1-23(19(25)22-15-7-6-12(20)8-14(15)21)17-11(9-24)10-27-18-13(17)4-3-5-16(18)26-2/h3-8,11,17,24H,9-10H2,1-2H3,(H,22,25)/t11-,17+/m0/s1. The molecule has 0 aromatic heterocycles. The first-order chi connectivity index (χ1) is 13.0. The summed E-state index contributed by atoms with van der Waals surface area (Å²) in [6, 6.07) is 9.58. The number of rotatable bonds is 4. The molecule has 8 heteroatoms. The molecule has 27 heavy (non-hydrogen) atoms. The van der Waals surface area contributed by atoms with E-state index in [-0.39, 0.29) is 31.2 Å². The van der Waals surface area contributed by atoms with E-state index in [1.165, 1.54) is 4.90 Å². The van der Waals surface area contributed by atoms with Gasteiger partial charge in [-0.1, -0.05) is 35.3 Å². The molecule has 2 atom stereocenters. The summed E-state index contributed by atoms with van der Waals surface area (Å²) in [7, 11) is 3.23. The van der Waals surface area contributed by atoms with Crippen LogP contribution in [0.15, 0.2) is 36.4 Å². The molecule has 2 N–H and O–H groups in total. The van der Waals surface area contributed by atoms with E-state index in [1.807, 2.05) is 12.1 Å². The Hall–Kier alpha value is -2.15. The highest BCUT2D eigenvalue weighted by Crippen LogP contribution is 2.44. The first-order valence-corrected chi connectivity index (χ1v) is 9.11. The summed E-state index contributed by atoms with van der Waals surface area (Å²) in [4.78, 5) is 14.4. The predicted octanol–water partition coefficient (Wildman–Crippen LogP) is 4.21. The van der Waals surface area contributed by atoms with Crippen molar-refractivity contribution in [1.82, 2.24) is 4.90 Å². The maximum atomic E-state index is 12.8. The van der Waals surface area contributed by atoms with Crippen LogP contribution >= 0.6 is 23.2 Å². The largest absolute Gasteiger partial charge is 0.493 e. The van der Waals surface area contributed by atoms with Gasteiger partial charge in [-0.15, -0.1) is 0 Å². The molecule has 3 rings (SSSR count). The molecule has 2 aromatic rings. The van der Waals surface area contributed by atoms with Crippen LogP contribution in [-0.4, -0.2) is 43.4 Å². The first kappa shape index (κ1) is 19.6. The second-order valence-corrected chi connectivity index (χ2v) is 7.09. The van der Waals surface area contributed by atoms with E-state index in [2.05, 4.69) is 5.32 Å². The van der Waals surface area contributed by atoms with Crippen molar-refractivity contribution in [3.05, 3.63) is 52.0 Å². The molecule has 0 unspecified atom stereocenters. The van der Waals surface area contributed by atoms with E-state index >= 15 is 0 Å². The Morgan fingerprint density at radius 2 is 2.15 bits per heavy atom. The maximum absolute atomic E-state index is 12.8. The van der Waals surface area contributed by atoms with Crippen LogP contribution in [0.3, 0.4) is 0 Å². The minimum atomic E-state index is -0.389. The summed E-state index contributed by atoms with van der Waals surface area (Å²) >= 11 is 12.0. The lowest BCUT2D eigenvalue weighted by molar-refractivity contribution is 0.0719. The molecular formula is C19H20Cl2N2O4. The number of ether oxygens (including phenoxy) is 2. The van der Waals surface area contributed by atoms with Crippen molar-refractivity contribution in [2.75, 3.05) is 32.7 Å². The second kappa shape index (κ2) is 8.25. The Morgan fingerprint density at radius 1 is 1.37 bits per heavy atom. The zero-order valence-electron chi connectivity index (χ0n) is 14.9. The van der Waals surface area contributed by atoms with Crippen LogP contribution in [0.5, 0.6) is 11.5 Å².